The van der Waals surface area contributed by atoms with Crippen molar-refractivity contribution in [3.63, 3.8) is 0 Å². The number of fused-ring (bicyclic) bond motifs is 2. The summed E-state index contributed by atoms with van der Waals surface area (Å²) in [5, 5.41) is 1.12. The largest absolute Gasteiger partial charge is 0.454 e. The van der Waals surface area contributed by atoms with Crippen LogP contribution in [0.3, 0.4) is 0 Å². The summed E-state index contributed by atoms with van der Waals surface area (Å²) in [6.45, 7) is 0.212. The van der Waals surface area contributed by atoms with Crippen LogP contribution in [-0.4, -0.2) is 16.8 Å². The van der Waals surface area contributed by atoms with Crippen molar-refractivity contribution in [2.75, 3.05) is 6.79 Å². The molecule has 100 valence electrons. The number of halogens is 2. The van der Waals surface area contributed by atoms with E-state index in [0.29, 0.717) is 32.3 Å². The molecule has 1 aromatic carbocycles. The van der Waals surface area contributed by atoms with E-state index in [4.69, 9.17) is 32.7 Å². The number of hydrogen-bond donors (Lipinski definition) is 0. The van der Waals surface area contributed by atoms with Crippen molar-refractivity contribution in [1.29, 1.82) is 0 Å². The SMILES string of the molecule is Clc1ccc(-c2nc(Cl)c3cc4c(cc3n2)OCO4)s1. The zero-order valence-electron chi connectivity index (χ0n) is 9.89. The second-order valence-corrected chi connectivity index (χ2v) is 6.24. The van der Waals surface area contributed by atoms with Crippen LogP contribution in [0.5, 0.6) is 11.5 Å². The van der Waals surface area contributed by atoms with E-state index in [2.05, 4.69) is 9.97 Å². The van der Waals surface area contributed by atoms with Crippen molar-refractivity contribution in [1.82, 2.24) is 9.97 Å². The minimum atomic E-state index is 0.212. The Morgan fingerprint density at radius 1 is 1.05 bits per heavy atom. The Morgan fingerprint density at radius 2 is 1.85 bits per heavy atom. The van der Waals surface area contributed by atoms with Gasteiger partial charge in [-0.05, 0) is 18.2 Å². The fraction of sp³-hybridized carbons (Fsp3) is 0.0769. The molecule has 0 fully saturated rings. The van der Waals surface area contributed by atoms with Crippen molar-refractivity contribution in [2.24, 2.45) is 0 Å². The number of thiophene rings is 1. The predicted octanol–water partition coefficient (Wildman–Crippen LogP) is 4.39. The standard InChI is InChI=1S/C13H6Cl2N2O2S/c14-11-2-1-10(20-11)13-16-7-4-9-8(18-5-19-9)3-6(7)12(15)17-13/h1-4H,5H2. The molecule has 20 heavy (non-hydrogen) atoms. The Hall–Kier alpha value is -1.56. The maximum absolute atomic E-state index is 6.24. The Bertz CT molecular complexity index is 835. The first-order valence-corrected chi connectivity index (χ1v) is 7.30. The quantitative estimate of drug-likeness (QED) is 0.622. The first-order valence-electron chi connectivity index (χ1n) is 5.73. The highest BCUT2D eigenvalue weighted by atomic mass is 35.5. The van der Waals surface area contributed by atoms with Crippen molar-refractivity contribution < 1.29 is 9.47 Å². The lowest BCUT2D eigenvalue weighted by atomic mass is 10.2. The molecule has 3 heterocycles. The van der Waals surface area contributed by atoms with E-state index in [1.54, 1.807) is 6.07 Å². The van der Waals surface area contributed by atoms with Crippen LogP contribution >= 0.6 is 34.5 Å². The molecular weight excluding hydrogens is 319 g/mol. The topological polar surface area (TPSA) is 44.2 Å². The molecule has 1 aliphatic rings. The third kappa shape index (κ3) is 1.90. The van der Waals surface area contributed by atoms with Crippen LogP contribution in [-0.2, 0) is 0 Å². The number of nitrogens with zero attached hydrogens (tertiary/aromatic N) is 2. The molecular formula is C13H6Cl2N2O2S. The molecule has 0 unspecified atom stereocenters. The Balaban J connectivity index is 1.95. The van der Waals surface area contributed by atoms with E-state index in [1.807, 2.05) is 18.2 Å². The van der Waals surface area contributed by atoms with Crippen molar-refractivity contribution in [2.45, 2.75) is 0 Å². The maximum atomic E-state index is 6.24. The fourth-order valence-electron chi connectivity index (χ4n) is 2.03. The van der Waals surface area contributed by atoms with Gasteiger partial charge in [0.1, 0.15) is 5.15 Å². The molecule has 0 N–H and O–H groups in total. The van der Waals surface area contributed by atoms with Crippen LogP contribution in [0.2, 0.25) is 9.49 Å². The van der Waals surface area contributed by atoms with E-state index in [9.17, 15) is 0 Å². The third-order valence-corrected chi connectivity index (χ3v) is 4.45. The van der Waals surface area contributed by atoms with E-state index in [-0.39, 0.29) is 6.79 Å². The highest BCUT2D eigenvalue weighted by molar-refractivity contribution is 7.19. The maximum Gasteiger partial charge on any atom is 0.231 e. The number of aromatic nitrogens is 2. The monoisotopic (exact) mass is 324 g/mol. The normalized spacial score (nSPS) is 13.1. The second-order valence-electron chi connectivity index (χ2n) is 4.16. The third-order valence-electron chi connectivity index (χ3n) is 2.94. The lowest BCUT2D eigenvalue weighted by molar-refractivity contribution is 0.174. The van der Waals surface area contributed by atoms with Crippen LogP contribution in [0.4, 0.5) is 0 Å². The summed E-state index contributed by atoms with van der Waals surface area (Å²) in [6.07, 6.45) is 0. The molecule has 0 saturated carbocycles. The lowest BCUT2D eigenvalue weighted by Gasteiger charge is -2.04. The number of benzene rings is 1. The molecule has 0 atom stereocenters. The first-order chi connectivity index (χ1) is 9.70. The molecule has 0 aliphatic carbocycles. The lowest BCUT2D eigenvalue weighted by Crippen LogP contribution is -1.92. The molecule has 0 saturated heterocycles. The molecule has 0 spiro atoms. The van der Waals surface area contributed by atoms with Gasteiger partial charge in [-0.2, -0.15) is 0 Å². The summed E-state index contributed by atoms with van der Waals surface area (Å²) < 4.78 is 11.4. The molecule has 2 aromatic heterocycles. The Morgan fingerprint density at radius 3 is 2.60 bits per heavy atom. The summed E-state index contributed by atoms with van der Waals surface area (Å²) in [5.41, 5.74) is 0.716. The highest BCUT2D eigenvalue weighted by Gasteiger charge is 2.18. The van der Waals surface area contributed by atoms with Gasteiger partial charge in [-0.1, -0.05) is 23.2 Å². The highest BCUT2D eigenvalue weighted by Crippen LogP contribution is 2.38. The Kier molecular flexibility index (Phi) is 2.73. The number of ether oxygens (including phenoxy) is 2. The van der Waals surface area contributed by atoms with Crippen molar-refractivity contribution in [3.05, 3.63) is 33.8 Å². The van der Waals surface area contributed by atoms with E-state index < -0.39 is 0 Å². The average Bonchev–Trinajstić information content (AvgIpc) is 3.04. The Labute approximate surface area is 127 Å². The van der Waals surface area contributed by atoms with Gasteiger partial charge in [0.15, 0.2) is 17.3 Å². The smallest absolute Gasteiger partial charge is 0.231 e. The molecule has 7 heteroatoms. The number of rotatable bonds is 1. The minimum absolute atomic E-state index is 0.212. The van der Waals surface area contributed by atoms with Crippen LogP contribution in [0.1, 0.15) is 0 Å². The van der Waals surface area contributed by atoms with Crippen molar-refractivity contribution >= 4 is 45.4 Å². The van der Waals surface area contributed by atoms with Gasteiger partial charge in [0, 0.05) is 11.5 Å². The van der Waals surface area contributed by atoms with Crippen LogP contribution in [0.25, 0.3) is 21.6 Å². The predicted molar refractivity (Wildman–Crippen MR) is 79.0 cm³/mol. The molecule has 1 aliphatic heterocycles. The van der Waals surface area contributed by atoms with Gasteiger partial charge in [-0.25, -0.2) is 9.97 Å². The fourth-order valence-corrected chi connectivity index (χ4v) is 3.23. The van der Waals surface area contributed by atoms with Crippen LogP contribution < -0.4 is 9.47 Å². The first kappa shape index (κ1) is 12.2. The van der Waals surface area contributed by atoms with Gasteiger partial charge >= 0.3 is 0 Å². The summed E-state index contributed by atoms with van der Waals surface area (Å²) in [6, 6.07) is 7.29. The molecule has 0 radical (unpaired) electrons. The minimum Gasteiger partial charge on any atom is -0.454 e. The molecule has 0 bridgehead atoms. The molecule has 3 aromatic rings. The zero-order chi connectivity index (χ0) is 13.7. The van der Waals surface area contributed by atoms with Crippen LogP contribution in [0, 0.1) is 0 Å². The molecule has 0 amide bonds. The average molecular weight is 325 g/mol. The summed E-state index contributed by atoms with van der Waals surface area (Å²) in [7, 11) is 0. The summed E-state index contributed by atoms with van der Waals surface area (Å²) in [5.74, 6) is 1.88. The summed E-state index contributed by atoms with van der Waals surface area (Å²) >= 11 is 13.6. The summed E-state index contributed by atoms with van der Waals surface area (Å²) in [4.78, 5) is 9.71. The van der Waals surface area contributed by atoms with Gasteiger partial charge in [0.25, 0.3) is 0 Å². The van der Waals surface area contributed by atoms with Gasteiger partial charge in [0.2, 0.25) is 6.79 Å². The molecule has 4 rings (SSSR count). The van der Waals surface area contributed by atoms with Crippen molar-refractivity contribution in [3.8, 4) is 22.2 Å². The van der Waals surface area contributed by atoms with Gasteiger partial charge in [-0.3, -0.25) is 0 Å². The van der Waals surface area contributed by atoms with E-state index >= 15 is 0 Å². The second kappa shape index (κ2) is 4.48. The van der Waals surface area contributed by atoms with Gasteiger partial charge in [0.05, 0.1) is 14.7 Å². The van der Waals surface area contributed by atoms with Gasteiger partial charge in [-0.15, -0.1) is 11.3 Å². The number of hydrogen-bond acceptors (Lipinski definition) is 5. The van der Waals surface area contributed by atoms with Crippen LogP contribution in [0.15, 0.2) is 24.3 Å². The van der Waals surface area contributed by atoms with E-state index in [0.717, 1.165) is 10.3 Å². The molecule has 4 nitrogen and oxygen atoms in total. The zero-order valence-corrected chi connectivity index (χ0v) is 12.2. The van der Waals surface area contributed by atoms with E-state index in [1.165, 1.54) is 11.3 Å². The van der Waals surface area contributed by atoms with Gasteiger partial charge < -0.3 is 9.47 Å².